The van der Waals surface area contributed by atoms with E-state index in [-0.39, 0.29) is 67.6 Å². The standard InChI is InChI=1S/C121H137BN4/c1-113(2,3)70-77-36-32-40-84(56-77)94-64-88(120(22,23)24)65-95(85-41-33-37-78(57-85)71-114(4,5)6)111(94)125-106-68-90(123-102-46-30-28-44-92(102)98-60-81(48-54-104(98)123)74-117(13,14)15)50-52-100(106)122-101-53-51-91(124-103-47-31-29-45-93(103)99-61-82(49-55-105(99)124)75-118(16,17)18)69-107(101)126(109-63-83(76-119(19,20)21)62-108(125)110(109)122)112-96(86-42-34-38-79(58-86)72-115(7,8)9)66-89(121(25,26)27)67-97(112)87-43-35-39-80(59-87)73-116(10,11)12/h28-69H,70-76H2,1-27H3/i28D,29D,30D,31D,44D,45D,46D,47D,74D2,75D2,76D2. The number of anilines is 6. The lowest BCUT2D eigenvalue weighted by atomic mass is 9.33. The van der Waals surface area contributed by atoms with E-state index in [4.69, 9.17) is 0 Å². The van der Waals surface area contributed by atoms with E-state index >= 15 is 0 Å². The number of hydrogen-bond acceptors (Lipinski definition) is 2. The Morgan fingerprint density at radius 3 is 0.881 bits per heavy atom. The van der Waals surface area contributed by atoms with Crippen LogP contribution in [0.15, 0.2) is 255 Å². The fraction of sp³-hybridized carbons (Fsp3) is 0.355. The van der Waals surface area contributed by atoms with E-state index in [2.05, 4.69) is 304 Å². The molecule has 644 valence electrons. The van der Waals surface area contributed by atoms with Gasteiger partial charge in [0.2, 0.25) is 0 Å². The van der Waals surface area contributed by atoms with Crippen LogP contribution in [0.25, 0.3) is 99.5 Å². The largest absolute Gasteiger partial charge is 0.310 e. The average Bonchev–Trinajstić information content (AvgIpc) is 0.842. The van der Waals surface area contributed by atoms with Gasteiger partial charge in [-0.05, 0) is 279 Å². The van der Waals surface area contributed by atoms with Gasteiger partial charge in [-0.3, -0.25) is 0 Å². The first-order valence-electron chi connectivity index (χ1n) is 52.6. The van der Waals surface area contributed by atoms with Gasteiger partial charge in [-0.1, -0.05) is 345 Å². The highest BCUT2D eigenvalue weighted by molar-refractivity contribution is 7.00. The van der Waals surface area contributed by atoms with Gasteiger partial charge in [-0.15, -0.1) is 0 Å². The maximum absolute atomic E-state index is 11.3. The topological polar surface area (TPSA) is 16.3 Å². The lowest BCUT2D eigenvalue weighted by Crippen LogP contribution is -2.61. The van der Waals surface area contributed by atoms with Crippen molar-refractivity contribution in [3.8, 4) is 55.9 Å². The minimum absolute atomic E-state index is 0.127. The van der Waals surface area contributed by atoms with Crippen LogP contribution in [0, 0.1) is 37.9 Å². The van der Waals surface area contributed by atoms with Crippen LogP contribution < -0.4 is 26.2 Å². The van der Waals surface area contributed by atoms with Crippen LogP contribution in [0.3, 0.4) is 0 Å². The predicted octanol–water partition coefficient (Wildman–Crippen LogP) is 32.3. The molecule has 15 aromatic rings. The van der Waals surface area contributed by atoms with Crippen molar-refractivity contribution < 1.29 is 19.2 Å². The Labute approximate surface area is 775 Å². The molecule has 0 saturated heterocycles. The molecule has 17 rings (SSSR count). The fourth-order valence-electron chi connectivity index (χ4n) is 19.6. The van der Waals surface area contributed by atoms with Gasteiger partial charge in [0, 0.05) is 86.1 Å². The first-order chi connectivity index (χ1) is 64.7. The maximum Gasteiger partial charge on any atom is 0.252 e. The number of fused-ring (bicyclic) bond motifs is 10. The van der Waals surface area contributed by atoms with Crippen molar-refractivity contribution in [3.05, 3.63) is 305 Å². The van der Waals surface area contributed by atoms with E-state index in [1.807, 2.05) is 83.6 Å². The summed E-state index contributed by atoms with van der Waals surface area (Å²) < 4.78 is 145. The van der Waals surface area contributed by atoms with Crippen molar-refractivity contribution in [1.82, 2.24) is 9.13 Å². The molecule has 0 fully saturated rings. The van der Waals surface area contributed by atoms with Gasteiger partial charge in [0.05, 0.1) is 44.4 Å². The zero-order valence-electron chi connectivity index (χ0n) is 93.8. The summed E-state index contributed by atoms with van der Waals surface area (Å²) in [5, 5.41) is 1.37. The quantitative estimate of drug-likeness (QED) is 0.0951. The Balaban J connectivity index is 1.14. The van der Waals surface area contributed by atoms with Gasteiger partial charge in [0.25, 0.3) is 6.71 Å². The van der Waals surface area contributed by atoms with Gasteiger partial charge in [0.15, 0.2) is 0 Å². The van der Waals surface area contributed by atoms with Gasteiger partial charge < -0.3 is 18.9 Å². The first kappa shape index (κ1) is 71.2. The summed E-state index contributed by atoms with van der Waals surface area (Å²) in [6.07, 6.45) is -2.96. The highest BCUT2D eigenvalue weighted by atomic mass is 15.2. The van der Waals surface area contributed by atoms with Crippen molar-refractivity contribution in [2.75, 3.05) is 9.80 Å². The molecule has 0 N–H and O–H groups in total. The minimum atomic E-state index is -2.16. The lowest BCUT2D eigenvalue weighted by molar-refractivity contribution is 0.411. The van der Waals surface area contributed by atoms with Crippen LogP contribution in [-0.4, -0.2) is 15.8 Å². The van der Waals surface area contributed by atoms with Crippen LogP contribution in [0.4, 0.5) is 34.1 Å². The zero-order chi connectivity index (χ0) is 102. The van der Waals surface area contributed by atoms with E-state index in [9.17, 15) is 19.2 Å². The molecular formula is C121H137BN4. The van der Waals surface area contributed by atoms with Crippen molar-refractivity contribution in [2.45, 2.75) is 243 Å². The van der Waals surface area contributed by atoms with E-state index in [0.29, 0.717) is 72.6 Å². The van der Waals surface area contributed by atoms with Crippen LogP contribution in [0.2, 0.25) is 0 Å². The molecule has 0 radical (unpaired) electrons. The smallest absolute Gasteiger partial charge is 0.252 e. The number of rotatable bonds is 15. The number of hydrogen-bond donors (Lipinski definition) is 0. The molecule has 4 nitrogen and oxygen atoms in total. The molecule has 0 spiro atoms. The van der Waals surface area contributed by atoms with E-state index in [1.165, 1.54) is 0 Å². The van der Waals surface area contributed by atoms with Crippen LogP contribution in [0.1, 0.15) is 256 Å². The number of nitrogens with zero attached hydrogens (tertiary/aromatic N) is 4. The zero-order valence-corrected chi connectivity index (χ0v) is 79.8. The summed E-state index contributed by atoms with van der Waals surface area (Å²) in [7, 11) is 0. The van der Waals surface area contributed by atoms with E-state index < -0.39 is 77.1 Å². The third-order valence-corrected chi connectivity index (χ3v) is 24.2. The Kier molecular flexibility index (Phi) is 17.8. The molecule has 13 aromatic carbocycles. The van der Waals surface area contributed by atoms with Crippen molar-refractivity contribution in [1.29, 1.82) is 0 Å². The summed E-state index contributed by atoms with van der Waals surface area (Å²) in [6.45, 7) is 57.1. The summed E-state index contributed by atoms with van der Waals surface area (Å²) in [5.41, 5.74) is 20.2. The molecule has 2 aliphatic heterocycles. The van der Waals surface area contributed by atoms with Gasteiger partial charge in [-0.25, -0.2) is 0 Å². The van der Waals surface area contributed by atoms with E-state index in [1.54, 1.807) is 24.3 Å². The summed E-state index contributed by atoms with van der Waals surface area (Å²) in [6, 6.07) is 70.6. The fourth-order valence-corrected chi connectivity index (χ4v) is 19.6. The van der Waals surface area contributed by atoms with Crippen LogP contribution in [-0.2, 0) is 55.6 Å². The molecule has 0 aliphatic carbocycles. The third kappa shape index (κ3) is 17.9. The predicted molar refractivity (Wildman–Crippen MR) is 550 cm³/mol. The minimum Gasteiger partial charge on any atom is -0.310 e. The molecule has 126 heavy (non-hydrogen) atoms. The molecule has 0 unspecified atom stereocenters. The Morgan fingerprint density at radius 1 is 0.270 bits per heavy atom. The third-order valence-electron chi connectivity index (χ3n) is 24.2. The maximum atomic E-state index is 11.3. The van der Waals surface area contributed by atoms with Crippen molar-refractivity contribution in [2.24, 2.45) is 37.9 Å². The second-order valence-corrected chi connectivity index (χ2v) is 46.3. The summed E-state index contributed by atoms with van der Waals surface area (Å²) in [4.78, 5) is 4.85. The van der Waals surface area contributed by atoms with Crippen LogP contribution in [0.5, 0.6) is 0 Å². The highest BCUT2D eigenvalue weighted by Gasteiger charge is 2.47. The Hall–Kier alpha value is -10.9. The van der Waals surface area contributed by atoms with Gasteiger partial charge in [-0.2, -0.15) is 0 Å². The SMILES string of the molecule is [2H]c1c([2H])c([2H])c2c(c1[2H])c1cc(C([2H])([2H])C(C)(C)C)ccc1n2-c1ccc2c(c1)N(c1c(-c3cccc(CC(C)(C)C)c3)cc(C(C)(C)C)cc1-c1cccc(CC(C)(C)C)c1)c1cc(C([2H])([2H])C(C)(C)C)cc3c1B2c1ccc(-n2c4ccc(C([2H])([2H])C(C)(C)C)cc4c4c([2H])c([2H])c([2H])c([2H])c42)cc1N3c1c(-c2cccc(CC(C)(C)C)c2)cc(C(C)(C)C)cc1-c1cccc(CC(C)(C)C)c1. The van der Waals surface area contributed by atoms with Crippen molar-refractivity contribution in [3.63, 3.8) is 0 Å². The van der Waals surface area contributed by atoms with Gasteiger partial charge in [0.1, 0.15) is 0 Å². The molecule has 5 heteroatoms. The molecule has 0 saturated carbocycles. The molecular weight excluding hydrogens is 1520 g/mol. The summed E-state index contributed by atoms with van der Waals surface area (Å²) in [5.74, 6) is 0. The first-order valence-corrected chi connectivity index (χ1v) is 45.6. The normalized spacial score (nSPS) is 15.6. The Bertz CT molecular complexity index is 7000. The number of benzene rings is 13. The van der Waals surface area contributed by atoms with Crippen molar-refractivity contribution >= 4 is 101 Å². The molecule has 0 bridgehead atoms. The average molecular weight is 1670 g/mol. The Morgan fingerprint density at radius 2 is 0.579 bits per heavy atom. The monoisotopic (exact) mass is 1670 g/mol. The number of aromatic nitrogens is 2. The molecule has 2 aliphatic rings. The van der Waals surface area contributed by atoms with E-state index in [0.717, 1.165) is 131 Å². The summed E-state index contributed by atoms with van der Waals surface area (Å²) >= 11 is 0. The second kappa shape index (κ2) is 31.6. The second-order valence-electron chi connectivity index (χ2n) is 46.3. The molecule has 0 atom stereocenters. The molecule has 4 heterocycles. The van der Waals surface area contributed by atoms with Crippen LogP contribution >= 0.6 is 0 Å². The highest BCUT2D eigenvalue weighted by Crippen LogP contribution is 2.57. The van der Waals surface area contributed by atoms with Gasteiger partial charge >= 0.3 is 0 Å². The number of para-hydroxylation sites is 2. The lowest BCUT2D eigenvalue weighted by Gasteiger charge is -2.46. The molecule has 0 amide bonds. The molecule has 2 aromatic heterocycles.